The van der Waals surface area contributed by atoms with Gasteiger partial charge in [-0.1, -0.05) is 12.1 Å². The quantitative estimate of drug-likeness (QED) is 0.779. The molecule has 0 fully saturated rings. The number of hydrazone groups is 1. The molecule has 17 heavy (non-hydrogen) atoms. The number of anilines is 1. The number of hydrogen-bond donors (Lipinski definition) is 0. The summed E-state index contributed by atoms with van der Waals surface area (Å²) in [6, 6.07) is 5.51. The molecule has 5 heteroatoms. The Morgan fingerprint density at radius 2 is 2.06 bits per heavy atom. The van der Waals surface area contributed by atoms with Crippen LogP contribution in [0, 0.1) is 13.8 Å². The third-order valence-corrected chi connectivity index (χ3v) is 2.64. The monoisotopic (exact) mass is 238 g/mol. The van der Waals surface area contributed by atoms with Crippen molar-refractivity contribution in [2.45, 2.75) is 26.7 Å². The molecule has 0 aromatic heterocycles. The van der Waals surface area contributed by atoms with Crippen LogP contribution in [0.1, 0.15) is 17.5 Å². The summed E-state index contributed by atoms with van der Waals surface area (Å²) in [4.78, 5) is 11.6. The first-order valence-electron chi connectivity index (χ1n) is 5.25. The Morgan fingerprint density at radius 3 is 2.65 bits per heavy atom. The van der Waals surface area contributed by atoms with Crippen molar-refractivity contribution in [2.75, 3.05) is 5.01 Å². The first-order chi connectivity index (χ1) is 7.99. The van der Waals surface area contributed by atoms with E-state index in [-0.39, 0.29) is 12.1 Å². The smallest absolute Gasteiger partial charge is 0.272 e. The van der Waals surface area contributed by atoms with Crippen LogP contribution in [0.15, 0.2) is 23.3 Å². The normalized spacial score (nSPS) is 15.7. The average Bonchev–Trinajstić information content (AvgIpc) is 2.64. The van der Waals surface area contributed by atoms with Gasteiger partial charge in [-0.15, -0.1) is 0 Å². The SMILES string of the molecule is Cc1ccc(C)c(N2N=C(C(F)F)CC2=O)c1. The molecule has 0 radical (unpaired) electrons. The summed E-state index contributed by atoms with van der Waals surface area (Å²) in [7, 11) is 0. The van der Waals surface area contributed by atoms with Crippen molar-refractivity contribution in [2.24, 2.45) is 5.10 Å². The van der Waals surface area contributed by atoms with Gasteiger partial charge in [0.2, 0.25) is 0 Å². The highest BCUT2D eigenvalue weighted by Gasteiger charge is 2.30. The molecule has 0 saturated heterocycles. The second kappa shape index (κ2) is 4.24. The molecule has 1 aromatic rings. The number of aryl methyl sites for hydroxylation is 2. The van der Waals surface area contributed by atoms with Gasteiger partial charge in [-0.05, 0) is 31.0 Å². The predicted molar refractivity (Wildman–Crippen MR) is 61.5 cm³/mol. The molecule has 0 spiro atoms. The molecule has 0 aliphatic carbocycles. The highest BCUT2D eigenvalue weighted by Crippen LogP contribution is 2.26. The number of carbonyl (C=O) groups excluding carboxylic acids is 1. The second-order valence-corrected chi connectivity index (χ2v) is 4.06. The van der Waals surface area contributed by atoms with Gasteiger partial charge in [0.15, 0.2) is 0 Å². The Kier molecular flexibility index (Phi) is 2.92. The number of alkyl halides is 2. The number of halogens is 2. The Labute approximate surface area is 97.7 Å². The van der Waals surface area contributed by atoms with Gasteiger partial charge in [0.05, 0.1) is 12.1 Å². The summed E-state index contributed by atoms with van der Waals surface area (Å²) in [5, 5.41) is 4.76. The predicted octanol–water partition coefficient (Wildman–Crippen LogP) is 2.66. The molecule has 0 N–H and O–H groups in total. The summed E-state index contributed by atoms with van der Waals surface area (Å²) in [5.74, 6) is -0.408. The molecular formula is C12H12F2N2O. The fourth-order valence-corrected chi connectivity index (χ4v) is 1.71. The number of hydrogen-bond acceptors (Lipinski definition) is 2. The number of carbonyl (C=O) groups is 1. The van der Waals surface area contributed by atoms with Crippen LogP contribution in [0.5, 0.6) is 0 Å². The first-order valence-corrected chi connectivity index (χ1v) is 5.25. The summed E-state index contributed by atoms with van der Waals surface area (Å²) >= 11 is 0. The number of rotatable bonds is 2. The zero-order chi connectivity index (χ0) is 12.6. The Hall–Kier alpha value is -1.78. The molecule has 1 aliphatic heterocycles. The van der Waals surface area contributed by atoms with E-state index < -0.39 is 12.3 Å². The van der Waals surface area contributed by atoms with E-state index in [1.807, 2.05) is 26.0 Å². The van der Waals surface area contributed by atoms with Crippen LogP contribution in [-0.4, -0.2) is 18.0 Å². The third-order valence-electron chi connectivity index (χ3n) is 2.64. The summed E-state index contributed by atoms with van der Waals surface area (Å²) in [6.45, 7) is 3.69. The number of nitrogens with zero attached hydrogens (tertiary/aromatic N) is 2. The summed E-state index contributed by atoms with van der Waals surface area (Å²) in [6.07, 6.45) is -2.97. The zero-order valence-corrected chi connectivity index (χ0v) is 9.58. The Balaban J connectivity index is 2.40. The van der Waals surface area contributed by atoms with E-state index in [1.54, 1.807) is 6.07 Å². The molecule has 1 aromatic carbocycles. The molecule has 0 bridgehead atoms. The molecule has 90 valence electrons. The maximum Gasteiger partial charge on any atom is 0.278 e. The topological polar surface area (TPSA) is 32.7 Å². The first kappa shape index (κ1) is 11.7. The van der Waals surface area contributed by atoms with Gasteiger partial charge in [-0.25, -0.2) is 13.8 Å². The third kappa shape index (κ3) is 2.18. The lowest BCUT2D eigenvalue weighted by atomic mass is 10.1. The van der Waals surface area contributed by atoms with Gasteiger partial charge in [-0.2, -0.15) is 5.10 Å². The highest BCUT2D eigenvalue weighted by atomic mass is 19.3. The molecule has 0 unspecified atom stereocenters. The van der Waals surface area contributed by atoms with Crippen molar-refractivity contribution in [3.8, 4) is 0 Å². The molecule has 2 rings (SSSR count). The van der Waals surface area contributed by atoms with Crippen molar-refractivity contribution in [3.63, 3.8) is 0 Å². The lowest BCUT2D eigenvalue weighted by Crippen LogP contribution is -2.20. The van der Waals surface area contributed by atoms with Crippen LogP contribution in [0.25, 0.3) is 0 Å². The molecule has 1 aliphatic rings. The van der Waals surface area contributed by atoms with Gasteiger partial charge >= 0.3 is 0 Å². The maximum atomic E-state index is 12.5. The van der Waals surface area contributed by atoms with Crippen LogP contribution < -0.4 is 5.01 Å². The van der Waals surface area contributed by atoms with E-state index in [1.165, 1.54) is 0 Å². The van der Waals surface area contributed by atoms with Crippen LogP contribution >= 0.6 is 0 Å². The van der Waals surface area contributed by atoms with Crippen LogP contribution in [0.2, 0.25) is 0 Å². The maximum absolute atomic E-state index is 12.5. The second-order valence-electron chi connectivity index (χ2n) is 4.06. The minimum atomic E-state index is -2.67. The van der Waals surface area contributed by atoms with Crippen molar-refractivity contribution >= 4 is 17.3 Å². The van der Waals surface area contributed by atoms with E-state index in [0.29, 0.717) is 5.69 Å². The average molecular weight is 238 g/mol. The van der Waals surface area contributed by atoms with Crippen LogP contribution in [-0.2, 0) is 4.79 Å². The van der Waals surface area contributed by atoms with Crippen LogP contribution in [0.4, 0.5) is 14.5 Å². The lowest BCUT2D eigenvalue weighted by molar-refractivity contribution is -0.117. The van der Waals surface area contributed by atoms with Gasteiger partial charge in [-0.3, -0.25) is 4.79 Å². The Bertz CT molecular complexity index is 497. The molecular weight excluding hydrogens is 226 g/mol. The Morgan fingerprint density at radius 1 is 1.35 bits per heavy atom. The van der Waals surface area contributed by atoms with E-state index in [4.69, 9.17) is 0 Å². The molecule has 0 saturated carbocycles. The van der Waals surface area contributed by atoms with Gasteiger partial charge in [0.25, 0.3) is 12.3 Å². The fraction of sp³-hybridized carbons (Fsp3) is 0.333. The summed E-state index contributed by atoms with van der Waals surface area (Å²) < 4.78 is 24.9. The molecule has 0 atom stereocenters. The van der Waals surface area contributed by atoms with E-state index >= 15 is 0 Å². The number of benzene rings is 1. The minimum absolute atomic E-state index is 0.301. The van der Waals surface area contributed by atoms with E-state index in [2.05, 4.69) is 5.10 Å². The number of amides is 1. The minimum Gasteiger partial charge on any atom is -0.272 e. The van der Waals surface area contributed by atoms with Crippen molar-refractivity contribution < 1.29 is 13.6 Å². The fourth-order valence-electron chi connectivity index (χ4n) is 1.71. The van der Waals surface area contributed by atoms with Crippen molar-refractivity contribution in [1.82, 2.24) is 0 Å². The van der Waals surface area contributed by atoms with E-state index in [0.717, 1.165) is 16.1 Å². The standard InChI is InChI=1S/C12H12F2N2O/c1-7-3-4-8(2)10(5-7)16-11(17)6-9(15-16)12(13)14/h3-5,12H,6H2,1-2H3. The summed E-state index contributed by atoms with van der Waals surface area (Å²) in [5.41, 5.74) is 2.00. The molecule has 1 amide bonds. The highest BCUT2D eigenvalue weighted by molar-refractivity contribution is 6.14. The van der Waals surface area contributed by atoms with Gasteiger partial charge < -0.3 is 0 Å². The molecule has 1 heterocycles. The van der Waals surface area contributed by atoms with E-state index in [9.17, 15) is 13.6 Å². The zero-order valence-electron chi connectivity index (χ0n) is 9.58. The van der Waals surface area contributed by atoms with Gasteiger partial charge in [0.1, 0.15) is 5.71 Å². The van der Waals surface area contributed by atoms with Crippen LogP contribution in [0.3, 0.4) is 0 Å². The lowest BCUT2D eigenvalue weighted by Gasteiger charge is -2.15. The van der Waals surface area contributed by atoms with Gasteiger partial charge in [0, 0.05) is 0 Å². The van der Waals surface area contributed by atoms with Crippen molar-refractivity contribution in [1.29, 1.82) is 0 Å². The molecule has 3 nitrogen and oxygen atoms in total. The van der Waals surface area contributed by atoms with Crippen molar-refractivity contribution in [3.05, 3.63) is 29.3 Å². The largest absolute Gasteiger partial charge is 0.278 e.